The van der Waals surface area contributed by atoms with Crippen molar-refractivity contribution in [3.05, 3.63) is 22.8 Å². The first kappa shape index (κ1) is 11.3. The number of aromatic nitrogens is 2. The molecule has 0 aliphatic rings. The van der Waals surface area contributed by atoms with Gasteiger partial charge in [0.05, 0.1) is 4.88 Å². The summed E-state index contributed by atoms with van der Waals surface area (Å²) >= 11 is 1.63. The van der Waals surface area contributed by atoms with Crippen LogP contribution < -0.4 is 5.32 Å². The van der Waals surface area contributed by atoms with Gasteiger partial charge in [0, 0.05) is 12.5 Å². The third-order valence-electron chi connectivity index (χ3n) is 2.51. The summed E-state index contributed by atoms with van der Waals surface area (Å²) in [4.78, 5) is 5.46. The molecule has 0 fully saturated rings. The molecule has 1 N–H and O–H groups in total. The summed E-state index contributed by atoms with van der Waals surface area (Å²) in [6.45, 7) is 4.14. The molecule has 5 heteroatoms. The van der Waals surface area contributed by atoms with Crippen LogP contribution in [0.3, 0.4) is 0 Å². The third-order valence-corrected chi connectivity index (χ3v) is 3.51. The van der Waals surface area contributed by atoms with Crippen molar-refractivity contribution in [1.29, 1.82) is 0 Å². The molecule has 0 spiro atoms. The van der Waals surface area contributed by atoms with Crippen molar-refractivity contribution in [1.82, 2.24) is 15.5 Å². The monoisotopic (exact) mass is 237 g/mol. The van der Waals surface area contributed by atoms with Crippen LogP contribution in [0.5, 0.6) is 0 Å². The minimum Gasteiger partial charge on any atom is -0.333 e. The highest BCUT2D eigenvalue weighted by Crippen LogP contribution is 2.27. The van der Waals surface area contributed by atoms with Gasteiger partial charge in [-0.2, -0.15) is 4.98 Å². The van der Waals surface area contributed by atoms with Crippen LogP contribution in [0.4, 0.5) is 0 Å². The van der Waals surface area contributed by atoms with Crippen LogP contribution in [-0.4, -0.2) is 23.2 Å². The highest BCUT2D eigenvalue weighted by molar-refractivity contribution is 7.13. The number of aryl methyl sites for hydroxylation is 1. The van der Waals surface area contributed by atoms with Gasteiger partial charge >= 0.3 is 0 Å². The molecule has 2 rings (SSSR count). The Balaban J connectivity index is 2.17. The van der Waals surface area contributed by atoms with Crippen LogP contribution in [0.15, 0.2) is 16.0 Å². The number of nitrogens with one attached hydrogen (secondary N) is 1. The second-order valence-electron chi connectivity index (χ2n) is 3.84. The van der Waals surface area contributed by atoms with Gasteiger partial charge in [-0.05, 0) is 37.9 Å². The first-order chi connectivity index (χ1) is 7.70. The smallest absolute Gasteiger partial charge is 0.268 e. The van der Waals surface area contributed by atoms with Crippen LogP contribution in [-0.2, 0) is 6.42 Å². The van der Waals surface area contributed by atoms with Gasteiger partial charge < -0.3 is 9.84 Å². The van der Waals surface area contributed by atoms with Crippen LogP contribution in [0.2, 0.25) is 0 Å². The van der Waals surface area contributed by atoms with E-state index in [1.807, 2.05) is 19.4 Å². The van der Waals surface area contributed by atoms with Gasteiger partial charge in [0.25, 0.3) is 5.89 Å². The third kappa shape index (κ3) is 2.31. The van der Waals surface area contributed by atoms with Gasteiger partial charge in [0.1, 0.15) is 0 Å². The molecule has 0 aromatic carbocycles. The fourth-order valence-corrected chi connectivity index (χ4v) is 2.24. The summed E-state index contributed by atoms with van der Waals surface area (Å²) in [5.41, 5.74) is 1.18. The van der Waals surface area contributed by atoms with E-state index in [2.05, 4.69) is 28.4 Å². The normalized spacial score (nSPS) is 12.9. The van der Waals surface area contributed by atoms with E-state index in [1.54, 1.807) is 11.3 Å². The van der Waals surface area contributed by atoms with Crippen molar-refractivity contribution < 1.29 is 4.52 Å². The molecule has 0 aliphatic heterocycles. The van der Waals surface area contributed by atoms with Gasteiger partial charge in [-0.1, -0.05) is 5.16 Å². The van der Waals surface area contributed by atoms with Gasteiger partial charge in [-0.15, -0.1) is 11.3 Å². The standard InChI is InChI=1S/C11H15N3OS/c1-7-4-5-16-10(7)11-13-9(14-15-11)6-8(2)12-3/h4-5,8,12H,6H2,1-3H3. The Bertz CT molecular complexity index is 463. The quantitative estimate of drug-likeness (QED) is 0.886. The van der Waals surface area contributed by atoms with Crippen molar-refractivity contribution in [3.63, 3.8) is 0 Å². The molecule has 86 valence electrons. The summed E-state index contributed by atoms with van der Waals surface area (Å²) in [6.07, 6.45) is 0.782. The number of thiophene rings is 1. The van der Waals surface area contributed by atoms with E-state index in [-0.39, 0.29) is 0 Å². The summed E-state index contributed by atoms with van der Waals surface area (Å²) in [5, 5.41) is 9.16. The number of rotatable bonds is 4. The zero-order chi connectivity index (χ0) is 11.5. The predicted molar refractivity (Wildman–Crippen MR) is 64.6 cm³/mol. The van der Waals surface area contributed by atoms with Crippen LogP contribution in [0.25, 0.3) is 10.8 Å². The van der Waals surface area contributed by atoms with Crippen molar-refractivity contribution in [2.75, 3.05) is 7.05 Å². The first-order valence-electron chi connectivity index (χ1n) is 5.25. The lowest BCUT2D eigenvalue weighted by molar-refractivity contribution is 0.419. The fraction of sp³-hybridized carbons (Fsp3) is 0.455. The Labute approximate surface area is 98.7 Å². The summed E-state index contributed by atoms with van der Waals surface area (Å²) < 4.78 is 5.26. The van der Waals surface area contributed by atoms with Crippen molar-refractivity contribution >= 4 is 11.3 Å². The first-order valence-corrected chi connectivity index (χ1v) is 6.13. The number of nitrogens with zero attached hydrogens (tertiary/aromatic N) is 2. The van der Waals surface area contributed by atoms with E-state index < -0.39 is 0 Å². The SMILES string of the molecule is CNC(C)Cc1noc(-c2sccc2C)n1. The Kier molecular flexibility index (Phi) is 3.36. The maximum atomic E-state index is 5.26. The topological polar surface area (TPSA) is 51.0 Å². The molecule has 16 heavy (non-hydrogen) atoms. The number of hydrogen-bond donors (Lipinski definition) is 1. The van der Waals surface area contributed by atoms with Gasteiger partial charge in [0.15, 0.2) is 5.82 Å². The molecule has 1 atom stereocenters. The molecule has 2 aromatic heterocycles. The summed E-state index contributed by atoms with van der Waals surface area (Å²) in [6, 6.07) is 2.41. The van der Waals surface area contributed by atoms with Gasteiger partial charge in [-0.25, -0.2) is 0 Å². The van der Waals surface area contributed by atoms with Crippen molar-refractivity contribution in [2.45, 2.75) is 26.3 Å². The van der Waals surface area contributed by atoms with Gasteiger partial charge in [-0.3, -0.25) is 0 Å². The molecule has 0 radical (unpaired) electrons. The molecule has 0 aliphatic carbocycles. The van der Waals surface area contributed by atoms with Gasteiger partial charge in [0.2, 0.25) is 0 Å². The van der Waals surface area contributed by atoms with E-state index in [9.17, 15) is 0 Å². The minimum absolute atomic E-state index is 0.356. The molecule has 2 heterocycles. The fourth-order valence-electron chi connectivity index (χ4n) is 1.40. The Morgan fingerprint density at radius 3 is 3.00 bits per heavy atom. The lowest BCUT2D eigenvalue weighted by Gasteiger charge is -2.04. The maximum Gasteiger partial charge on any atom is 0.268 e. The molecule has 0 amide bonds. The summed E-state index contributed by atoms with van der Waals surface area (Å²) in [5.74, 6) is 1.38. The second kappa shape index (κ2) is 4.76. The van der Waals surface area contributed by atoms with Crippen LogP contribution >= 0.6 is 11.3 Å². The largest absolute Gasteiger partial charge is 0.333 e. The van der Waals surface area contributed by atoms with E-state index in [4.69, 9.17) is 4.52 Å². The molecule has 0 bridgehead atoms. The lowest BCUT2D eigenvalue weighted by Crippen LogP contribution is -2.24. The summed E-state index contributed by atoms with van der Waals surface area (Å²) in [7, 11) is 1.93. The van der Waals surface area contributed by atoms with E-state index in [1.165, 1.54) is 5.56 Å². The Morgan fingerprint density at radius 1 is 1.56 bits per heavy atom. The average Bonchev–Trinajstić information content (AvgIpc) is 2.86. The molecule has 2 aromatic rings. The second-order valence-corrected chi connectivity index (χ2v) is 4.76. The zero-order valence-electron chi connectivity index (χ0n) is 9.65. The Morgan fingerprint density at radius 2 is 2.38 bits per heavy atom. The van der Waals surface area contributed by atoms with E-state index >= 15 is 0 Å². The maximum absolute atomic E-state index is 5.26. The Hall–Kier alpha value is -1.20. The lowest BCUT2D eigenvalue weighted by atomic mass is 10.2. The highest BCUT2D eigenvalue weighted by Gasteiger charge is 2.13. The molecule has 0 saturated heterocycles. The van der Waals surface area contributed by atoms with Crippen molar-refractivity contribution in [2.24, 2.45) is 0 Å². The zero-order valence-corrected chi connectivity index (χ0v) is 10.5. The molecule has 4 nitrogen and oxygen atoms in total. The molecule has 0 saturated carbocycles. The van der Waals surface area contributed by atoms with E-state index in [0.717, 1.165) is 17.1 Å². The number of likely N-dealkylation sites (N-methyl/N-ethyl adjacent to an activating group) is 1. The van der Waals surface area contributed by atoms with Crippen LogP contribution in [0, 0.1) is 6.92 Å². The van der Waals surface area contributed by atoms with Crippen molar-refractivity contribution in [3.8, 4) is 10.8 Å². The van der Waals surface area contributed by atoms with E-state index in [0.29, 0.717) is 11.9 Å². The molecular formula is C11H15N3OS. The minimum atomic E-state index is 0.356. The average molecular weight is 237 g/mol. The molecular weight excluding hydrogens is 222 g/mol. The highest BCUT2D eigenvalue weighted by atomic mass is 32.1. The molecule has 1 unspecified atom stereocenters. The van der Waals surface area contributed by atoms with Crippen LogP contribution in [0.1, 0.15) is 18.3 Å². The number of hydrogen-bond acceptors (Lipinski definition) is 5. The predicted octanol–water partition coefficient (Wildman–Crippen LogP) is 2.26.